The molecule has 1 heterocycles. The maximum atomic E-state index is 13.5. The zero-order valence-corrected chi connectivity index (χ0v) is 12.8. The Balaban J connectivity index is 3.14. The summed E-state index contributed by atoms with van der Waals surface area (Å²) < 4.78 is 64.9. The van der Waals surface area contributed by atoms with E-state index in [4.69, 9.17) is 11.6 Å². The number of hydrogen-bond acceptors (Lipinski definition) is 2. The zero-order chi connectivity index (χ0) is 14.8. The molecule has 0 aromatic carbocycles. The minimum Gasteiger partial charge on any atom is -0.304 e. The van der Waals surface area contributed by atoms with Gasteiger partial charge in [0.15, 0.2) is 0 Å². The Morgan fingerprint density at radius 3 is 2.32 bits per heavy atom. The number of alkyl halides is 5. The molecule has 0 aliphatic carbocycles. The third kappa shape index (κ3) is 3.80. The van der Waals surface area contributed by atoms with Crippen LogP contribution in [0, 0.1) is 0 Å². The summed E-state index contributed by atoms with van der Waals surface area (Å²) in [4.78, 5) is -0.160. The molecule has 1 nitrogen and oxygen atoms in total. The number of hydrogen-bond donors (Lipinski definition) is 1. The lowest BCUT2D eigenvalue weighted by Crippen LogP contribution is -2.47. The van der Waals surface area contributed by atoms with Crippen LogP contribution in [0.15, 0.2) is 10.5 Å². The van der Waals surface area contributed by atoms with Crippen molar-refractivity contribution in [1.82, 2.24) is 5.32 Å². The van der Waals surface area contributed by atoms with Crippen molar-refractivity contribution in [3.8, 4) is 0 Å². The third-order valence-electron chi connectivity index (χ3n) is 2.29. The predicted molar refractivity (Wildman–Crippen MR) is 69.1 cm³/mol. The molecule has 1 aromatic rings. The van der Waals surface area contributed by atoms with E-state index in [0.717, 1.165) is 0 Å². The Morgan fingerprint density at radius 2 is 1.95 bits per heavy atom. The maximum absolute atomic E-state index is 13.5. The summed E-state index contributed by atoms with van der Waals surface area (Å²) in [6, 6.07) is -0.957. The number of rotatable bonds is 5. The van der Waals surface area contributed by atoms with Crippen LogP contribution in [-0.4, -0.2) is 18.6 Å². The molecule has 1 atom stereocenters. The summed E-state index contributed by atoms with van der Waals surface area (Å²) >= 11 is 9.38. The fourth-order valence-corrected chi connectivity index (χ4v) is 3.22. The van der Waals surface area contributed by atoms with Crippen molar-refractivity contribution in [2.45, 2.75) is 31.5 Å². The summed E-state index contributed by atoms with van der Waals surface area (Å²) in [5.74, 6) is -4.87. The Hall–Kier alpha value is 0.0800. The second-order valence-corrected chi connectivity index (χ2v) is 6.32. The molecule has 0 fully saturated rings. The van der Waals surface area contributed by atoms with Crippen LogP contribution in [0.2, 0.25) is 4.34 Å². The van der Waals surface area contributed by atoms with E-state index in [1.165, 1.54) is 6.07 Å². The molecule has 9 heteroatoms. The second-order valence-electron chi connectivity index (χ2n) is 3.78. The quantitative estimate of drug-likeness (QED) is 0.668. The van der Waals surface area contributed by atoms with Gasteiger partial charge in [0.1, 0.15) is 10.4 Å². The molecule has 1 rings (SSSR count). The highest BCUT2D eigenvalue weighted by molar-refractivity contribution is 9.10. The molecule has 0 aliphatic rings. The van der Waals surface area contributed by atoms with Crippen molar-refractivity contribution in [3.63, 3.8) is 0 Å². The standard InChI is InChI=1S/C10H10BrClF5NS/c1-2-3-18-7(9(13,14)10(15,16)17)6-4-5(11)8(12)19-6/h4,7,18H,2-3H2,1H3. The van der Waals surface area contributed by atoms with E-state index >= 15 is 0 Å². The van der Waals surface area contributed by atoms with Crippen LogP contribution in [0.4, 0.5) is 22.0 Å². The van der Waals surface area contributed by atoms with Crippen LogP contribution in [0.3, 0.4) is 0 Å². The summed E-state index contributed by atoms with van der Waals surface area (Å²) in [6.07, 6.45) is -5.19. The van der Waals surface area contributed by atoms with Gasteiger partial charge >= 0.3 is 12.1 Å². The molecule has 1 N–H and O–H groups in total. The Kier molecular flexibility index (Phi) is 5.62. The molecule has 19 heavy (non-hydrogen) atoms. The van der Waals surface area contributed by atoms with Crippen molar-refractivity contribution >= 4 is 38.9 Å². The van der Waals surface area contributed by atoms with Gasteiger partial charge in [0.2, 0.25) is 0 Å². The highest BCUT2D eigenvalue weighted by Crippen LogP contribution is 2.47. The van der Waals surface area contributed by atoms with E-state index in [9.17, 15) is 22.0 Å². The molecule has 0 bridgehead atoms. The SMILES string of the molecule is CCCNC(c1cc(Br)c(Cl)s1)C(F)(F)C(F)(F)F. The van der Waals surface area contributed by atoms with Crippen molar-refractivity contribution in [2.75, 3.05) is 6.54 Å². The van der Waals surface area contributed by atoms with Crippen molar-refractivity contribution in [1.29, 1.82) is 0 Å². The average molecular weight is 387 g/mol. The van der Waals surface area contributed by atoms with Crippen molar-refractivity contribution in [2.24, 2.45) is 0 Å². The fourth-order valence-electron chi connectivity index (χ4n) is 1.37. The van der Waals surface area contributed by atoms with Gasteiger partial charge in [-0.1, -0.05) is 18.5 Å². The minimum atomic E-state index is -5.62. The van der Waals surface area contributed by atoms with Crippen LogP contribution < -0.4 is 5.32 Å². The molecule has 0 spiro atoms. The smallest absolute Gasteiger partial charge is 0.304 e. The normalized spacial score (nSPS) is 14.7. The average Bonchev–Trinajstić information content (AvgIpc) is 2.57. The molecule has 1 aromatic heterocycles. The van der Waals surface area contributed by atoms with Crippen molar-refractivity contribution < 1.29 is 22.0 Å². The first-order chi connectivity index (χ1) is 8.61. The van der Waals surface area contributed by atoms with Crippen LogP contribution in [0.5, 0.6) is 0 Å². The molecule has 110 valence electrons. The first kappa shape index (κ1) is 17.1. The number of thiophene rings is 1. The van der Waals surface area contributed by atoms with E-state index in [1.807, 2.05) is 0 Å². The van der Waals surface area contributed by atoms with Crippen LogP contribution in [0.1, 0.15) is 24.3 Å². The van der Waals surface area contributed by atoms with Crippen LogP contribution >= 0.6 is 38.9 Å². The highest BCUT2D eigenvalue weighted by atomic mass is 79.9. The summed E-state index contributed by atoms with van der Waals surface area (Å²) in [5, 5.41) is 2.23. The summed E-state index contributed by atoms with van der Waals surface area (Å²) in [5.41, 5.74) is 0. The maximum Gasteiger partial charge on any atom is 0.455 e. The number of nitrogens with one attached hydrogen (secondary N) is 1. The Bertz CT molecular complexity index is 415. The lowest BCUT2D eigenvalue weighted by atomic mass is 10.1. The predicted octanol–water partition coefficient (Wildman–Crippen LogP) is 5.40. The highest BCUT2D eigenvalue weighted by Gasteiger charge is 2.63. The van der Waals surface area contributed by atoms with Gasteiger partial charge in [0.25, 0.3) is 0 Å². The lowest BCUT2D eigenvalue weighted by Gasteiger charge is -2.28. The molecule has 0 saturated heterocycles. The largest absolute Gasteiger partial charge is 0.455 e. The number of halogens is 7. The van der Waals surface area contributed by atoms with Gasteiger partial charge in [-0.25, -0.2) is 0 Å². The van der Waals surface area contributed by atoms with E-state index in [0.29, 0.717) is 22.2 Å². The third-order valence-corrected chi connectivity index (χ3v) is 4.83. The molecule has 1 unspecified atom stereocenters. The zero-order valence-electron chi connectivity index (χ0n) is 9.62. The summed E-state index contributed by atoms with van der Waals surface area (Å²) in [6.45, 7) is 1.72. The van der Waals surface area contributed by atoms with E-state index < -0.39 is 18.1 Å². The van der Waals surface area contributed by atoms with E-state index in [2.05, 4.69) is 21.2 Å². The van der Waals surface area contributed by atoms with Gasteiger partial charge in [-0.15, -0.1) is 11.3 Å². The fraction of sp³-hybridized carbons (Fsp3) is 0.600. The van der Waals surface area contributed by atoms with Gasteiger partial charge in [0.05, 0.1) is 0 Å². The molecule has 0 saturated carbocycles. The Morgan fingerprint density at radius 1 is 1.37 bits per heavy atom. The molecule has 0 amide bonds. The van der Waals surface area contributed by atoms with Crippen molar-refractivity contribution in [3.05, 3.63) is 19.8 Å². The van der Waals surface area contributed by atoms with Gasteiger partial charge in [-0.2, -0.15) is 22.0 Å². The van der Waals surface area contributed by atoms with Crippen LogP contribution in [-0.2, 0) is 0 Å². The second kappa shape index (κ2) is 6.24. The van der Waals surface area contributed by atoms with Gasteiger partial charge < -0.3 is 5.32 Å². The summed E-state index contributed by atoms with van der Waals surface area (Å²) in [7, 11) is 0. The van der Waals surface area contributed by atoms with E-state index in [-0.39, 0.29) is 15.8 Å². The molecule has 0 aliphatic heterocycles. The van der Waals surface area contributed by atoms with Gasteiger partial charge in [-0.05, 0) is 35.0 Å². The first-order valence-electron chi connectivity index (χ1n) is 5.24. The molecular formula is C10H10BrClF5NS. The Labute approximate surface area is 124 Å². The molecule has 0 radical (unpaired) electrons. The van der Waals surface area contributed by atoms with Gasteiger partial charge in [-0.3, -0.25) is 0 Å². The van der Waals surface area contributed by atoms with Gasteiger partial charge in [0, 0.05) is 9.35 Å². The lowest BCUT2D eigenvalue weighted by molar-refractivity contribution is -0.294. The monoisotopic (exact) mass is 385 g/mol. The van der Waals surface area contributed by atoms with E-state index in [1.54, 1.807) is 6.92 Å². The minimum absolute atomic E-state index is 0.0451. The first-order valence-corrected chi connectivity index (χ1v) is 7.22. The van der Waals surface area contributed by atoms with Crippen LogP contribution in [0.25, 0.3) is 0 Å². The molecular weight excluding hydrogens is 377 g/mol. The topological polar surface area (TPSA) is 12.0 Å².